The summed E-state index contributed by atoms with van der Waals surface area (Å²) < 4.78 is 0. The second kappa shape index (κ2) is 6.87. The highest BCUT2D eigenvalue weighted by atomic mass is 15.6. The first kappa shape index (κ1) is 10.5. The average molecular weight is 183 g/mol. The van der Waals surface area contributed by atoms with E-state index < -0.39 is 0 Å². The first-order valence-electron chi connectivity index (χ1n) is 5.56. The van der Waals surface area contributed by atoms with Crippen LogP contribution in [0, 0.1) is 0 Å². The Kier molecular flexibility index (Phi) is 5.54. The number of rotatable bonds is 7. The van der Waals surface area contributed by atoms with Crippen molar-refractivity contribution < 1.29 is 0 Å². The molecule has 0 spiro atoms. The minimum absolute atomic E-state index is 0.899. The molecule has 0 saturated carbocycles. The quantitative estimate of drug-likeness (QED) is 0.557. The molecule has 76 valence electrons. The lowest BCUT2D eigenvalue weighted by Gasteiger charge is -2.10. The van der Waals surface area contributed by atoms with E-state index in [1.165, 1.54) is 38.5 Å². The lowest BCUT2D eigenvalue weighted by molar-refractivity contribution is 0.309. The summed E-state index contributed by atoms with van der Waals surface area (Å²) in [5, 5.41) is 10.1. The Labute approximate surface area is 81.2 Å². The summed E-state index contributed by atoms with van der Waals surface area (Å²) in [5.74, 6) is 0. The zero-order valence-corrected chi connectivity index (χ0v) is 8.71. The smallest absolute Gasteiger partial charge is 0.0813 e. The summed E-state index contributed by atoms with van der Waals surface area (Å²) in [6.07, 6.45) is 8.15. The largest absolute Gasteiger partial charge is 0.277 e. The maximum atomic E-state index is 4.03. The topological polar surface area (TPSA) is 28.0 Å². The summed E-state index contributed by atoms with van der Waals surface area (Å²) in [7, 11) is 0. The maximum Gasteiger partial charge on any atom is 0.0813 e. The molecule has 0 aromatic carbocycles. The molecule has 0 amide bonds. The van der Waals surface area contributed by atoms with Crippen LogP contribution >= 0.6 is 0 Å². The molecule has 13 heavy (non-hydrogen) atoms. The van der Waals surface area contributed by atoms with Gasteiger partial charge in [0.1, 0.15) is 0 Å². The van der Waals surface area contributed by atoms with Gasteiger partial charge in [-0.1, -0.05) is 44.3 Å². The summed E-state index contributed by atoms with van der Waals surface area (Å²) >= 11 is 0. The van der Waals surface area contributed by atoms with E-state index in [4.69, 9.17) is 0 Å². The second-order valence-corrected chi connectivity index (χ2v) is 3.68. The van der Waals surface area contributed by atoms with E-state index in [0.29, 0.717) is 0 Å². The monoisotopic (exact) mass is 183 g/mol. The van der Waals surface area contributed by atoms with Crippen LogP contribution in [-0.2, 0) is 0 Å². The molecule has 0 aromatic rings. The Bertz CT molecular complexity index is 145. The van der Waals surface area contributed by atoms with Crippen LogP contribution in [0.1, 0.15) is 45.4 Å². The van der Waals surface area contributed by atoms with Gasteiger partial charge in [0.15, 0.2) is 0 Å². The molecule has 1 rings (SSSR count). The molecule has 1 aliphatic rings. The van der Waals surface area contributed by atoms with Gasteiger partial charge in [-0.2, -0.15) is 5.11 Å². The van der Waals surface area contributed by atoms with Crippen LogP contribution < -0.4 is 0 Å². The van der Waals surface area contributed by atoms with E-state index in [9.17, 15) is 0 Å². The van der Waals surface area contributed by atoms with Gasteiger partial charge in [-0.25, -0.2) is 0 Å². The lowest BCUT2D eigenvalue weighted by Crippen LogP contribution is -2.16. The Morgan fingerprint density at radius 1 is 1.08 bits per heavy atom. The molecular weight excluding hydrogens is 162 g/mol. The minimum Gasteiger partial charge on any atom is -0.277 e. The van der Waals surface area contributed by atoms with E-state index >= 15 is 0 Å². The maximum absolute atomic E-state index is 4.03. The van der Waals surface area contributed by atoms with E-state index in [1.54, 1.807) is 0 Å². The Balaban J connectivity index is 1.81. The Morgan fingerprint density at radius 2 is 1.85 bits per heavy atom. The molecule has 0 aromatic heterocycles. The molecule has 3 nitrogen and oxygen atoms in total. The van der Waals surface area contributed by atoms with Crippen molar-refractivity contribution in [1.82, 2.24) is 5.01 Å². The molecule has 0 N–H and O–H groups in total. The molecule has 0 saturated heterocycles. The standard InChI is InChI=1S/C10H21N3/c1-2-3-4-5-6-7-9-13-10-8-11-12-13/h2-10H2,1H3. The third-order valence-electron chi connectivity index (χ3n) is 2.42. The van der Waals surface area contributed by atoms with Crippen LogP contribution in [0.5, 0.6) is 0 Å². The van der Waals surface area contributed by atoms with Crippen molar-refractivity contribution in [2.45, 2.75) is 45.4 Å². The second-order valence-electron chi connectivity index (χ2n) is 3.68. The predicted octanol–water partition coefficient (Wildman–Crippen LogP) is 3.03. The van der Waals surface area contributed by atoms with Crippen molar-refractivity contribution in [3.05, 3.63) is 0 Å². The third-order valence-corrected chi connectivity index (χ3v) is 2.42. The van der Waals surface area contributed by atoms with Gasteiger partial charge in [0.2, 0.25) is 0 Å². The summed E-state index contributed by atoms with van der Waals surface area (Å²) in [6.45, 7) is 5.30. The van der Waals surface area contributed by atoms with E-state index in [-0.39, 0.29) is 0 Å². The van der Waals surface area contributed by atoms with Crippen molar-refractivity contribution in [2.75, 3.05) is 19.6 Å². The zero-order chi connectivity index (χ0) is 9.36. The molecule has 0 bridgehead atoms. The van der Waals surface area contributed by atoms with E-state index in [0.717, 1.165) is 19.6 Å². The fourth-order valence-corrected chi connectivity index (χ4v) is 1.57. The van der Waals surface area contributed by atoms with E-state index in [1.807, 2.05) is 0 Å². The first-order valence-corrected chi connectivity index (χ1v) is 5.56. The van der Waals surface area contributed by atoms with Gasteiger partial charge >= 0.3 is 0 Å². The van der Waals surface area contributed by atoms with Gasteiger partial charge < -0.3 is 0 Å². The predicted molar refractivity (Wildman–Crippen MR) is 54.7 cm³/mol. The fraction of sp³-hybridized carbons (Fsp3) is 1.00. The lowest BCUT2D eigenvalue weighted by atomic mass is 10.1. The summed E-state index contributed by atoms with van der Waals surface area (Å²) in [5.41, 5.74) is 0. The number of hydrogen-bond donors (Lipinski definition) is 0. The van der Waals surface area contributed by atoms with Gasteiger partial charge in [0, 0.05) is 6.54 Å². The molecule has 1 aliphatic heterocycles. The molecule has 1 heterocycles. The highest BCUT2D eigenvalue weighted by molar-refractivity contribution is 4.58. The van der Waals surface area contributed by atoms with Crippen molar-refractivity contribution in [2.24, 2.45) is 10.3 Å². The van der Waals surface area contributed by atoms with Crippen LogP contribution in [0.3, 0.4) is 0 Å². The van der Waals surface area contributed by atoms with Gasteiger partial charge in [0.05, 0.1) is 13.1 Å². The normalized spacial score (nSPS) is 15.6. The van der Waals surface area contributed by atoms with Gasteiger partial charge in [0.25, 0.3) is 0 Å². The van der Waals surface area contributed by atoms with Crippen molar-refractivity contribution in [1.29, 1.82) is 0 Å². The van der Waals surface area contributed by atoms with Crippen LogP contribution in [0.4, 0.5) is 0 Å². The molecule has 0 fully saturated rings. The Hall–Kier alpha value is -0.600. The fourth-order valence-electron chi connectivity index (χ4n) is 1.57. The molecule has 0 unspecified atom stereocenters. The van der Waals surface area contributed by atoms with Crippen molar-refractivity contribution >= 4 is 0 Å². The Morgan fingerprint density at radius 3 is 2.54 bits per heavy atom. The van der Waals surface area contributed by atoms with Crippen LogP contribution in [0.2, 0.25) is 0 Å². The number of hydrogen-bond acceptors (Lipinski definition) is 3. The molecule has 0 radical (unpaired) electrons. The van der Waals surface area contributed by atoms with Gasteiger partial charge in [-0.05, 0) is 6.42 Å². The molecular formula is C10H21N3. The number of unbranched alkanes of at least 4 members (excludes halogenated alkanes) is 5. The highest BCUT2D eigenvalue weighted by Gasteiger charge is 2.04. The van der Waals surface area contributed by atoms with Crippen LogP contribution in [-0.4, -0.2) is 24.6 Å². The van der Waals surface area contributed by atoms with Gasteiger partial charge in [-0.15, -0.1) is 0 Å². The van der Waals surface area contributed by atoms with Crippen molar-refractivity contribution in [3.63, 3.8) is 0 Å². The summed E-state index contributed by atoms with van der Waals surface area (Å²) in [4.78, 5) is 0. The molecule has 3 heteroatoms. The minimum atomic E-state index is 0.899. The first-order chi connectivity index (χ1) is 6.43. The van der Waals surface area contributed by atoms with Gasteiger partial charge in [-0.3, -0.25) is 5.01 Å². The zero-order valence-electron chi connectivity index (χ0n) is 8.71. The van der Waals surface area contributed by atoms with Crippen LogP contribution in [0.15, 0.2) is 10.3 Å². The average Bonchev–Trinajstić information content (AvgIpc) is 2.63. The van der Waals surface area contributed by atoms with Crippen LogP contribution in [0.25, 0.3) is 0 Å². The molecule has 0 atom stereocenters. The summed E-state index contributed by atoms with van der Waals surface area (Å²) in [6, 6.07) is 0. The number of nitrogens with zero attached hydrogens (tertiary/aromatic N) is 3. The van der Waals surface area contributed by atoms with E-state index in [2.05, 4.69) is 22.3 Å². The molecule has 0 aliphatic carbocycles. The SMILES string of the molecule is CCCCCCCCN1CCN=N1. The highest BCUT2D eigenvalue weighted by Crippen LogP contribution is 2.07. The third kappa shape index (κ3) is 4.86. The van der Waals surface area contributed by atoms with Crippen molar-refractivity contribution in [3.8, 4) is 0 Å².